The van der Waals surface area contributed by atoms with E-state index in [-0.39, 0.29) is 18.2 Å². The Morgan fingerprint density at radius 2 is 2.17 bits per heavy atom. The third-order valence-corrected chi connectivity index (χ3v) is 2.08. The molecule has 0 heterocycles. The van der Waals surface area contributed by atoms with Gasteiger partial charge in [-0.25, -0.2) is 4.39 Å². The van der Waals surface area contributed by atoms with E-state index in [1.54, 1.807) is 0 Å². The maximum absolute atomic E-state index is 12.8. The number of hydrogen-bond donors (Lipinski definition) is 2. The van der Waals surface area contributed by atoms with Gasteiger partial charge >= 0.3 is 0 Å². The Kier molecular flexibility index (Phi) is 3.03. The molecule has 2 nitrogen and oxygen atoms in total. The van der Waals surface area contributed by atoms with Gasteiger partial charge in [0.1, 0.15) is 5.82 Å². The van der Waals surface area contributed by atoms with Crippen LogP contribution in [0.3, 0.4) is 0 Å². The van der Waals surface area contributed by atoms with E-state index in [1.165, 1.54) is 12.1 Å². The van der Waals surface area contributed by atoms with Gasteiger partial charge in [0.05, 0.1) is 11.6 Å². The number of nitrogens with two attached hydrogens (primary N) is 1. The molecular weight excluding hydrogens is 181 g/mol. The highest BCUT2D eigenvalue weighted by Crippen LogP contribution is 2.23. The first-order valence-electron chi connectivity index (χ1n) is 3.47. The number of halogens is 2. The average molecular weight is 190 g/mol. The lowest BCUT2D eigenvalue weighted by atomic mass is 10.1. The molecule has 0 amide bonds. The summed E-state index contributed by atoms with van der Waals surface area (Å²) in [6.45, 7) is -0.0426. The summed E-state index contributed by atoms with van der Waals surface area (Å²) in [7, 11) is 0. The molecule has 0 atom stereocenters. The van der Waals surface area contributed by atoms with Crippen molar-refractivity contribution in [2.45, 2.75) is 13.2 Å². The summed E-state index contributed by atoms with van der Waals surface area (Å²) in [6, 6.07) is 2.76. The molecule has 12 heavy (non-hydrogen) atoms. The van der Waals surface area contributed by atoms with E-state index >= 15 is 0 Å². The van der Waals surface area contributed by atoms with Gasteiger partial charge in [0, 0.05) is 12.1 Å². The van der Waals surface area contributed by atoms with Crippen molar-refractivity contribution < 1.29 is 9.50 Å². The molecule has 0 aliphatic carbocycles. The van der Waals surface area contributed by atoms with Crippen LogP contribution in [0.15, 0.2) is 12.1 Å². The molecule has 66 valence electrons. The Bertz CT molecular complexity index is 291. The number of hydrogen-bond acceptors (Lipinski definition) is 2. The number of aliphatic hydroxyl groups excluding tert-OH is 1. The molecule has 0 aliphatic heterocycles. The second-order valence-electron chi connectivity index (χ2n) is 2.36. The molecule has 0 aliphatic rings. The standard InChI is InChI=1S/C8H9ClFNO/c9-8-6(4-12)5(3-11)1-2-7(8)10/h1-2,12H,3-4,11H2. The van der Waals surface area contributed by atoms with Crippen molar-refractivity contribution in [2.75, 3.05) is 0 Å². The largest absolute Gasteiger partial charge is 0.392 e. The topological polar surface area (TPSA) is 46.2 Å². The van der Waals surface area contributed by atoms with Gasteiger partial charge in [0.15, 0.2) is 0 Å². The first-order chi connectivity index (χ1) is 5.70. The van der Waals surface area contributed by atoms with Crippen molar-refractivity contribution in [3.8, 4) is 0 Å². The molecule has 0 saturated heterocycles. The van der Waals surface area contributed by atoms with Crippen molar-refractivity contribution in [3.05, 3.63) is 34.1 Å². The van der Waals surface area contributed by atoms with Gasteiger partial charge in [-0.1, -0.05) is 17.7 Å². The summed E-state index contributed by atoms with van der Waals surface area (Å²) in [4.78, 5) is 0. The predicted molar refractivity (Wildman–Crippen MR) is 45.2 cm³/mol. The summed E-state index contributed by atoms with van der Waals surface area (Å²) >= 11 is 5.59. The summed E-state index contributed by atoms with van der Waals surface area (Å²) in [5, 5.41) is 8.81. The molecule has 0 bridgehead atoms. The van der Waals surface area contributed by atoms with Gasteiger partial charge in [-0.15, -0.1) is 0 Å². The molecule has 1 aromatic rings. The van der Waals surface area contributed by atoms with Gasteiger partial charge in [-0.2, -0.15) is 0 Å². The van der Waals surface area contributed by atoms with Gasteiger partial charge in [-0.3, -0.25) is 0 Å². The fourth-order valence-corrected chi connectivity index (χ4v) is 1.24. The maximum atomic E-state index is 12.8. The Balaban J connectivity index is 3.25. The summed E-state index contributed by atoms with van der Waals surface area (Å²) in [5.74, 6) is -0.530. The lowest BCUT2D eigenvalue weighted by Gasteiger charge is -2.07. The molecule has 0 radical (unpaired) electrons. The van der Waals surface area contributed by atoms with Gasteiger partial charge in [0.25, 0.3) is 0 Å². The van der Waals surface area contributed by atoms with Crippen molar-refractivity contribution >= 4 is 11.6 Å². The van der Waals surface area contributed by atoms with E-state index in [1.807, 2.05) is 0 Å². The van der Waals surface area contributed by atoms with Crippen LogP contribution in [-0.2, 0) is 13.2 Å². The van der Waals surface area contributed by atoms with Crippen LogP contribution in [-0.4, -0.2) is 5.11 Å². The van der Waals surface area contributed by atoms with E-state index < -0.39 is 5.82 Å². The highest BCUT2D eigenvalue weighted by molar-refractivity contribution is 6.31. The van der Waals surface area contributed by atoms with E-state index in [4.69, 9.17) is 22.4 Å². The smallest absolute Gasteiger partial charge is 0.142 e. The van der Waals surface area contributed by atoms with Crippen LogP contribution in [0.2, 0.25) is 5.02 Å². The molecule has 0 saturated carbocycles. The van der Waals surface area contributed by atoms with Crippen LogP contribution in [0.4, 0.5) is 4.39 Å². The molecule has 0 fully saturated rings. The molecule has 4 heteroatoms. The van der Waals surface area contributed by atoms with E-state index in [2.05, 4.69) is 0 Å². The van der Waals surface area contributed by atoms with Crippen LogP contribution in [0, 0.1) is 5.82 Å². The van der Waals surface area contributed by atoms with Crippen LogP contribution in [0.1, 0.15) is 11.1 Å². The zero-order valence-corrected chi connectivity index (χ0v) is 7.11. The van der Waals surface area contributed by atoms with Crippen molar-refractivity contribution in [1.29, 1.82) is 0 Å². The highest BCUT2D eigenvalue weighted by Gasteiger charge is 2.09. The Morgan fingerprint density at radius 1 is 1.50 bits per heavy atom. The molecule has 0 spiro atoms. The summed E-state index contributed by atoms with van der Waals surface area (Å²) in [6.07, 6.45) is 0. The maximum Gasteiger partial charge on any atom is 0.142 e. The highest BCUT2D eigenvalue weighted by atomic mass is 35.5. The van der Waals surface area contributed by atoms with E-state index in [9.17, 15) is 4.39 Å². The van der Waals surface area contributed by atoms with E-state index in [0.29, 0.717) is 11.1 Å². The molecular formula is C8H9ClFNO. The van der Waals surface area contributed by atoms with Crippen LogP contribution in [0.25, 0.3) is 0 Å². The second kappa shape index (κ2) is 3.85. The fraction of sp³-hybridized carbons (Fsp3) is 0.250. The minimum atomic E-state index is -0.530. The molecule has 0 unspecified atom stereocenters. The average Bonchev–Trinajstić information content (AvgIpc) is 2.09. The first-order valence-corrected chi connectivity index (χ1v) is 3.85. The second-order valence-corrected chi connectivity index (χ2v) is 2.74. The van der Waals surface area contributed by atoms with Gasteiger partial charge in [0.2, 0.25) is 0 Å². The molecule has 0 aromatic heterocycles. The Hall–Kier alpha value is -0.640. The minimum absolute atomic E-state index is 0.0412. The third-order valence-electron chi connectivity index (χ3n) is 1.67. The van der Waals surface area contributed by atoms with Crippen LogP contribution >= 0.6 is 11.6 Å². The Labute approximate surface area is 74.8 Å². The Morgan fingerprint density at radius 3 is 2.67 bits per heavy atom. The van der Waals surface area contributed by atoms with E-state index in [0.717, 1.165) is 0 Å². The normalized spacial score (nSPS) is 10.3. The van der Waals surface area contributed by atoms with Crippen molar-refractivity contribution in [1.82, 2.24) is 0 Å². The van der Waals surface area contributed by atoms with Crippen molar-refractivity contribution in [2.24, 2.45) is 5.73 Å². The lowest BCUT2D eigenvalue weighted by Crippen LogP contribution is -2.03. The molecule has 1 aromatic carbocycles. The van der Waals surface area contributed by atoms with Gasteiger partial charge in [-0.05, 0) is 11.6 Å². The number of rotatable bonds is 2. The predicted octanol–water partition coefficient (Wildman–Crippen LogP) is 1.43. The molecule has 3 N–H and O–H groups in total. The lowest BCUT2D eigenvalue weighted by molar-refractivity contribution is 0.280. The summed E-state index contributed by atoms with van der Waals surface area (Å²) in [5.41, 5.74) is 6.40. The zero-order chi connectivity index (χ0) is 9.14. The minimum Gasteiger partial charge on any atom is -0.392 e. The van der Waals surface area contributed by atoms with Crippen LogP contribution < -0.4 is 5.73 Å². The summed E-state index contributed by atoms with van der Waals surface area (Å²) < 4.78 is 12.8. The first kappa shape index (κ1) is 9.45. The quantitative estimate of drug-likeness (QED) is 0.740. The zero-order valence-electron chi connectivity index (χ0n) is 6.35. The van der Waals surface area contributed by atoms with Crippen molar-refractivity contribution in [3.63, 3.8) is 0 Å². The van der Waals surface area contributed by atoms with Crippen LogP contribution in [0.5, 0.6) is 0 Å². The third kappa shape index (κ3) is 1.58. The SMILES string of the molecule is NCc1ccc(F)c(Cl)c1CO. The van der Waals surface area contributed by atoms with Gasteiger partial charge < -0.3 is 10.8 Å². The molecule has 1 rings (SSSR count). The monoisotopic (exact) mass is 189 g/mol. The number of aliphatic hydroxyl groups is 1. The fourth-order valence-electron chi connectivity index (χ4n) is 0.995. The number of benzene rings is 1.